The second kappa shape index (κ2) is 2.32. The Morgan fingerprint density at radius 2 is 1.75 bits per heavy atom. The zero-order valence-electron chi connectivity index (χ0n) is 8.24. The molecule has 0 unspecified atom stereocenters. The van der Waals surface area contributed by atoms with Crippen LogP contribution in [0.4, 0.5) is 0 Å². The number of carbonyl (C=O) groups is 2. The highest BCUT2D eigenvalue weighted by molar-refractivity contribution is 6.17. The van der Waals surface area contributed by atoms with Crippen molar-refractivity contribution in [2.75, 3.05) is 0 Å². The van der Waals surface area contributed by atoms with Gasteiger partial charge in [-0.3, -0.25) is 0 Å². The summed E-state index contributed by atoms with van der Waals surface area (Å²) < 4.78 is 4.58. The van der Waals surface area contributed by atoms with E-state index in [0.717, 1.165) is 17.2 Å². The fraction of sp³-hybridized carbons (Fsp3) is 0.0769. The van der Waals surface area contributed by atoms with Gasteiger partial charge in [-0.2, -0.15) is 0 Å². The summed E-state index contributed by atoms with van der Waals surface area (Å²) in [5.74, 6) is -1.06. The lowest BCUT2D eigenvalue weighted by Gasteiger charge is -1.98. The number of benzene rings is 2. The van der Waals surface area contributed by atoms with Crippen LogP contribution >= 0.6 is 0 Å². The third-order valence-corrected chi connectivity index (χ3v) is 3.23. The third-order valence-electron chi connectivity index (χ3n) is 3.23. The highest BCUT2D eigenvalue weighted by Gasteiger charge is 2.31. The van der Waals surface area contributed by atoms with Gasteiger partial charge >= 0.3 is 11.9 Å². The molecule has 3 nitrogen and oxygen atoms in total. The van der Waals surface area contributed by atoms with Crippen LogP contribution in [0.2, 0.25) is 0 Å². The molecule has 0 saturated carbocycles. The van der Waals surface area contributed by atoms with Crippen molar-refractivity contribution in [2.24, 2.45) is 0 Å². The lowest BCUT2D eigenvalue weighted by Crippen LogP contribution is -1.96. The van der Waals surface area contributed by atoms with Gasteiger partial charge in [-0.05, 0) is 40.5 Å². The Labute approximate surface area is 90.6 Å². The van der Waals surface area contributed by atoms with Crippen LogP contribution < -0.4 is 0 Å². The molecule has 0 spiro atoms. The zero-order chi connectivity index (χ0) is 10.9. The summed E-state index contributed by atoms with van der Waals surface area (Å²) >= 11 is 0. The van der Waals surface area contributed by atoms with Crippen LogP contribution in [0.3, 0.4) is 0 Å². The smallest absolute Gasteiger partial charge is 0.346 e. The number of rotatable bonds is 0. The monoisotopic (exact) mass is 210 g/mol. The molecule has 0 radical (unpaired) electrons. The van der Waals surface area contributed by atoms with E-state index >= 15 is 0 Å². The number of fused-ring (bicyclic) bond motifs is 4. The van der Waals surface area contributed by atoms with E-state index < -0.39 is 11.9 Å². The summed E-state index contributed by atoms with van der Waals surface area (Å²) in [6.07, 6.45) is 0.991. The molecule has 2 aromatic carbocycles. The molecule has 0 atom stereocenters. The van der Waals surface area contributed by atoms with Crippen LogP contribution in [0.1, 0.15) is 31.8 Å². The Kier molecular flexibility index (Phi) is 1.17. The minimum absolute atomic E-state index is 0.387. The van der Waals surface area contributed by atoms with Gasteiger partial charge in [0.1, 0.15) is 0 Å². The summed E-state index contributed by atoms with van der Waals surface area (Å²) in [5, 5.41) is 2.07. The van der Waals surface area contributed by atoms with Crippen LogP contribution in [-0.2, 0) is 11.2 Å². The van der Waals surface area contributed by atoms with Gasteiger partial charge < -0.3 is 4.74 Å². The highest BCUT2D eigenvalue weighted by Crippen LogP contribution is 2.37. The molecule has 4 rings (SSSR count). The molecular formula is C13H6O3. The minimum atomic E-state index is -0.535. The molecule has 2 aliphatic rings. The summed E-state index contributed by atoms with van der Waals surface area (Å²) in [6, 6.07) is 7.57. The number of cyclic esters (lactones) is 2. The summed E-state index contributed by atoms with van der Waals surface area (Å²) in [4.78, 5) is 22.8. The van der Waals surface area contributed by atoms with Gasteiger partial charge in [0.25, 0.3) is 0 Å². The predicted octanol–water partition coefficient (Wildman–Crippen LogP) is 2.05. The van der Waals surface area contributed by atoms with Gasteiger partial charge in [-0.1, -0.05) is 12.1 Å². The van der Waals surface area contributed by atoms with Gasteiger partial charge in [-0.25, -0.2) is 9.59 Å². The maximum absolute atomic E-state index is 11.4. The van der Waals surface area contributed by atoms with E-state index in [1.54, 1.807) is 12.1 Å². The zero-order valence-corrected chi connectivity index (χ0v) is 8.24. The highest BCUT2D eigenvalue weighted by atomic mass is 16.6. The standard InChI is InChI=1S/C13H6O3/c14-12-10-4-7-2-1-6-3-8(6)9(7)5-11(10)13(15)16-12/h1-2,4-5H,3H2. The second-order valence-electron chi connectivity index (χ2n) is 4.18. The van der Waals surface area contributed by atoms with E-state index in [4.69, 9.17) is 0 Å². The molecule has 76 valence electrons. The summed E-state index contributed by atoms with van der Waals surface area (Å²) in [6.45, 7) is 0. The van der Waals surface area contributed by atoms with Gasteiger partial charge in [0, 0.05) is 0 Å². The van der Waals surface area contributed by atoms with Gasteiger partial charge in [0.2, 0.25) is 0 Å². The second-order valence-corrected chi connectivity index (χ2v) is 4.18. The molecule has 0 amide bonds. The minimum Gasteiger partial charge on any atom is -0.386 e. The lowest BCUT2D eigenvalue weighted by molar-refractivity contribution is 0.0444. The van der Waals surface area contributed by atoms with Crippen molar-refractivity contribution >= 4 is 22.7 Å². The molecule has 1 heterocycles. The van der Waals surface area contributed by atoms with Gasteiger partial charge in [-0.15, -0.1) is 0 Å². The average molecular weight is 210 g/mol. The first-order valence-electron chi connectivity index (χ1n) is 5.09. The van der Waals surface area contributed by atoms with Gasteiger partial charge in [0.05, 0.1) is 11.1 Å². The molecule has 0 bridgehead atoms. The Balaban J connectivity index is 2.15. The molecule has 0 aromatic heterocycles. The molecular weight excluding hydrogens is 204 g/mol. The number of hydrogen-bond donors (Lipinski definition) is 0. The van der Waals surface area contributed by atoms with Crippen molar-refractivity contribution in [3.63, 3.8) is 0 Å². The Hall–Kier alpha value is -2.16. The van der Waals surface area contributed by atoms with E-state index in [0.29, 0.717) is 11.1 Å². The first-order valence-corrected chi connectivity index (χ1v) is 5.09. The Bertz CT molecular complexity index is 698. The average Bonchev–Trinajstić information content (AvgIpc) is 3.01. The maximum Gasteiger partial charge on any atom is 0.346 e. The molecule has 0 N–H and O–H groups in total. The summed E-state index contributed by atoms with van der Waals surface area (Å²) in [5.41, 5.74) is 3.40. The van der Waals surface area contributed by atoms with Crippen LogP contribution in [0.15, 0.2) is 24.3 Å². The molecule has 3 heteroatoms. The van der Waals surface area contributed by atoms with Crippen LogP contribution in [-0.4, -0.2) is 11.9 Å². The van der Waals surface area contributed by atoms with Crippen LogP contribution in [0.5, 0.6) is 0 Å². The number of esters is 2. The number of carbonyl (C=O) groups excluding carboxylic acids is 2. The van der Waals surface area contributed by atoms with Crippen molar-refractivity contribution in [3.05, 3.63) is 46.5 Å². The van der Waals surface area contributed by atoms with E-state index in [1.165, 1.54) is 11.1 Å². The van der Waals surface area contributed by atoms with Crippen molar-refractivity contribution in [3.8, 4) is 0 Å². The normalized spacial score (nSPS) is 16.0. The molecule has 1 aliphatic heterocycles. The van der Waals surface area contributed by atoms with E-state index in [1.807, 2.05) is 6.07 Å². The molecule has 16 heavy (non-hydrogen) atoms. The van der Waals surface area contributed by atoms with E-state index in [-0.39, 0.29) is 0 Å². The first kappa shape index (κ1) is 8.05. The predicted molar refractivity (Wildman–Crippen MR) is 56.5 cm³/mol. The molecule has 0 saturated heterocycles. The van der Waals surface area contributed by atoms with E-state index in [9.17, 15) is 9.59 Å². The molecule has 2 aromatic rings. The number of hydrogen-bond acceptors (Lipinski definition) is 3. The quantitative estimate of drug-likeness (QED) is 0.421. The van der Waals surface area contributed by atoms with E-state index in [2.05, 4.69) is 10.8 Å². The maximum atomic E-state index is 11.4. The number of ether oxygens (including phenoxy) is 1. The molecule has 1 aliphatic carbocycles. The van der Waals surface area contributed by atoms with Crippen LogP contribution in [0.25, 0.3) is 10.8 Å². The summed E-state index contributed by atoms with van der Waals surface area (Å²) in [7, 11) is 0. The van der Waals surface area contributed by atoms with Crippen molar-refractivity contribution in [1.82, 2.24) is 0 Å². The fourth-order valence-electron chi connectivity index (χ4n) is 2.31. The fourth-order valence-corrected chi connectivity index (χ4v) is 2.31. The van der Waals surface area contributed by atoms with Crippen molar-refractivity contribution in [2.45, 2.75) is 6.42 Å². The Morgan fingerprint density at radius 1 is 1.00 bits per heavy atom. The molecule has 0 fully saturated rings. The van der Waals surface area contributed by atoms with Gasteiger partial charge in [0.15, 0.2) is 0 Å². The lowest BCUT2D eigenvalue weighted by atomic mass is 10.0. The van der Waals surface area contributed by atoms with Crippen molar-refractivity contribution < 1.29 is 14.3 Å². The van der Waals surface area contributed by atoms with Crippen molar-refractivity contribution in [1.29, 1.82) is 0 Å². The largest absolute Gasteiger partial charge is 0.386 e. The SMILES string of the molecule is O=C1OC(=O)c2cc3c4c(ccc3cc21)C4. The van der Waals surface area contributed by atoms with Crippen LogP contribution in [0, 0.1) is 0 Å². The third kappa shape index (κ3) is 0.834. The topological polar surface area (TPSA) is 43.4 Å². The first-order chi connectivity index (χ1) is 7.74. The Morgan fingerprint density at radius 3 is 2.56 bits per heavy atom.